The first-order valence-electron chi connectivity index (χ1n) is 6.91. The van der Waals surface area contributed by atoms with Crippen molar-refractivity contribution in [3.05, 3.63) is 28.8 Å². The van der Waals surface area contributed by atoms with Crippen molar-refractivity contribution < 1.29 is 9.59 Å². The first-order chi connectivity index (χ1) is 10.1. The molecule has 0 aliphatic carbocycles. The third kappa shape index (κ3) is 3.86. The van der Waals surface area contributed by atoms with E-state index in [1.165, 1.54) is 0 Å². The number of rotatable bonds is 6. The van der Waals surface area contributed by atoms with Gasteiger partial charge < -0.3 is 16.0 Å². The van der Waals surface area contributed by atoms with E-state index in [-0.39, 0.29) is 11.9 Å². The number of hydrogen-bond acceptors (Lipinski definition) is 3. The minimum Gasteiger partial charge on any atom is -0.352 e. The summed E-state index contributed by atoms with van der Waals surface area (Å²) in [7, 11) is 1.87. The summed E-state index contributed by atoms with van der Waals surface area (Å²) < 4.78 is 0. The van der Waals surface area contributed by atoms with Crippen LogP contribution < -0.4 is 20.9 Å². The monoisotopic (exact) mass is 310 g/mol. The summed E-state index contributed by atoms with van der Waals surface area (Å²) in [4.78, 5) is 25.3. The summed E-state index contributed by atoms with van der Waals surface area (Å²) in [6.45, 7) is 2.57. The van der Waals surface area contributed by atoms with Crippen molar-refractivity contribution in [3.63, 3.8) is 0 Å². The summed E-state index contributed by atoms with van der Waals surface area (Å²) >= 11 is 6.13. The molecule has 1 aliphatic rings. The largest absolute Gasteiger partial charge is 0.352 e. The van der Waals surface area contributed by atoms with Crippen LogP contribution in [0.3, 0.4) is 0 Å². The fourth-order valence-corrected chi connectivity index (χ4v) is 2.35. The number of carbonyl (C=O) groups is 2. The molecular formula is C14H19ClN4O2. The molecule has 3 amide bonds. The fraction of sp³-hybridized carbons (Fsp3) is 0.429. The molecule has 0 unspecified atom stereocenters. The second kappa shape index (κ2) is 7.28. The van der Waals surface area contributed by atoms with E-state index < -0.39 is 0 Å². The molecule has 0 bridgehead atoms. The van der Waals surface area contributed by atoms with E-state index in [1.807, 2.05) is 7.05 Å². The van der Waals surface area contributed by atoms with Crippen LogP contribution in [0.1, 0.15) is 16.8 Å². The van der Waals surface area contributed by atoms with Crippen molar-refractivity contribution in [1.29, 1.82) is 0 Å². The smallest absolute Gasteiger partial charge is 0.322 e. The van der Waals surface area contributed by atoms with Crippen LogP contribution in [0.2, 0.25) is 5.02 Å². The fourth-order valence-electron chi connectivity index (χ4n) is 2.13. The second-order valence-electron chi connectivity index (χ2n) is 4.76. The highest BCUT2D eigenvalue weighted by Crippen LogP contribution is 2.28. The SMILES string of the molecule is CNCCCNC(=O)c1ccc(Cl)c(N2CCNC2=O)c1. The van der Waals surface area contributed by atoms with E-state index in [1.54, 1.807) is 23.1 Å². The maximum atomic E-state index is 12.1. The number of nitrogens with one attached hydrogen (secondary N) is 3. The van der Waals surface area contributed by atoms with Gasteiger partial charge in [0.1, 0.15) is 0 Å². The van der Waals surface area contributed by atoms with Crippen LogP contribution >= 0.6 is 11.6 Å². The van der Waals surface area contributed by atoms with Crippen LogP contribution in [0.25, 0.3) is 0 Å². The highest BCUT2D eigenvalue weighted by Gasteiger charge is 2.24. The predicted molar refractivity (Wildman–Crippen MR) is 83.1 cm³/mol. The minimum absolute atomic E-state index is 0.163. The third-order valence-electron chi connectivity index (χ3n) is 3.25. The van der Waals surface area contributed by atoms with Gasteiger partial charge in [0.2, 0.25) is 0 Å². The Bertz CT molecular complexity index is 536. The molecule has 114 valence electrons. The molecule has 1 fully saturated rings. The van der Waals surface area contributed by atoms with Gasteiger partial charge in [-0.3, -0.25) is 9.69 Å². The van der Waals surface area contributed by atoms with Gasteiger partial charge in [-0.1, -0.05) is 11.6 Å². The van der Waals surface area contributed by atoms with Gasteiger partial charge in [-0.2, -0.15) is 0 Å². The zero-order valence-corrected chi connectivity index (χ0v) is 12.7. The molecule has 1 aromatic rings. The van der Waals surface area contributed by atoms with Crippen LogP contribution in [-0.2, 0) is 0 Å². The highest BCUT2D eigenvalue weighted by molar-refractivity contribution is 6.34. The molecule has 1 aromatic carbocycles. The molecule has 0 aromatic heterocycles. The van der Waals surface area contributed by atoms with Crippen LogP contribution in [0.4, 0.5) is 10.5 Å². The molecule has 0 saturated carbocycles. The van der Waals surface area contributed by atoms with Gasteiger partial charge in [-0.15, -0.1) is 0 Å². The Labute approximate surface area is 128 Å². The highest BCUT2D eigenvalue weighted by atomic mass is 35.5. The van der Waals surface area contributed by atoms with Crippen LogP contribution in [0.5, 0.6) is 0 Å². The second-order valence-corrected chi connectivity index (χ2v) is 5.17. The third-order valence-corrected chi connectivity index (χ3v) is 3.56. The Hall–Kier alpha value is -1.79. The predicted octanol–water partition coefficient (Wildman–Crippen LogP) is 1.21. The Balaban J connectivity index is 2.07. The molecule has 7 heteroatoms. The lowest BCUT2D eigenvalue weighted by Gasteiger charge is -2.17. The number of benzene rings is 1. The lowest BCUT2D eigenvalue weighted by molar-refractivity contribution is 0.0953. The van der Waals surface area contributed by atoms with Crippen LogP contribution in [0, 0.1) is 0 Å². The van der Waals surface area contributed by atoms with Crippen LogP contribution in [0.15, 0.2) is 18.2 Å². The lowest BCUT2D eigenvalue weighted by atomic mass is 10.1. The summed E-state index contributed by atoms with van der Waals surface area (Å²) in [5.74, 6) is -0.163. The van der Waals surface area contributed by atoms with Crippen molar-refractivity contribution in [1.82, 2.24) is 16.0 Å². The maximum Gasteiger partial charge on any atom is 0.322 e. The summed E-state index contributed by atoms with van der Waals surface area (Å²) in [5.41, 5.74) is 1.06. The zero-order valence-electron chi connectivity index (χ0n) is 11.9. The van der Waals surface area contributed by atoms with Gasteiger partial charge >= 0.3 is 6.03 Å². The van der Waals surface area contributed by atoms with Gasteiger partial charge in [-0.25, -0.2) is 4.79 Å². The molecule has 0 spiro atoms. The summed E-state index contributed by atoms with van der Waals surface area (Å²) in [6, 6.07) is 4.77. The standard InChI is InChI=1S/C14H19ClN4O2/c1-16-5-2-6-17-13(20)10-3-4-11(15)12(9-10)19-8-7-18-14(19)21/h3-4,9,16H,2,5-8H2,1H3,(H,17,20)(H,18,21). The first kappa shape index (κ1) is 15.6. The number of halogens is 1. The van der Waals surface area contributed by atoms with E-state index in [9.17, 15) is 9.59 Å². The van der Waals surface area contributed by atoms with E-state index in [4.69, 9.17) is 11.6 Å². The lowest BCUT2D eigenvalue weighted by Crippen LogP contribution is -2.29. The molecule has 1 aliphatic heterocycles. The number of amides is 3. The van der Waals surface area contributed by atoms with Crippen molar-refractivity contribution >= 4 is 29.2 Å². The number of nitrogens with zero attached hydrogens (tertiary/aromatic N) is 1. The Kier molecular flexibility index (Phi) is 5.41. The van der Waals surface area contributed by atoms with E-state index in [2.05, 4.69) is 16.0 Å². The molecule has 0 radical (unpaired) electrons. The van der Waals surface area contributed by atoms with Crippen molar-refractivity contribution in [2.24, 2.45) is 0 Å². The van der Waals surface area contributed by atoms with E-state index in [0.29, 0.717) is 35.9 Å². The van der Waals surface area contributed by atoms with Gasteiger partial charge in [0.05, 0.1) is 10.7 Å². The Morgan fingerprint density at radius 2 is 2.24 bits per heavy atom. The van der Waals surface area contributed by atoms with Gasteiger partial charge in [0.25, 0.3) is 5.91 Å². The van der Waals surface area contributed by atoms with Crippen molar-refractivity contribution in [2.45, 2.75) is 6.42 Å². The maximum absolute atomic E-state index is 12.1. The molecule has 0 atom stereocenters. The average Bonchev–Trinajstić information content (AvgIpc) is 2.90. The molecular weight excluding hydrogens is 292 g/mol. The van der Waals surface area contributed by atoms with Gasteiger partial charge in [0.15, 0.2) is 0 Å². The first-order valence-corrected chi connectivity index (χ1v) is 7.29. The van der Waals surface area contributed by atoms with Gasteiger partial charge in [0, 0.05) is 25.2 Å². The quantitative estimate of drug-likeness (QED) is 0.692. The van der Waals surface area contributed by atoms with Crippen LogP contribution in [-0.4, -0.2) is 45.2 Å². The number of hydrogen-bond donors (Lipinski definition) is 3. The topological polar surface area (TPSA) is 73.5 Å². The number of anilines is 1. The van der Waals surface area contributed by atoms with E-state index >= 15 is 0 Å². The Morgan fingerprint density at radius 3 is 2.90 bits per heavy atom. The number of urea groups is 1. The molecule has 6 nitrogen and oxygen atoms in total. The zero-order chi connectivity index (χ0) is 15.2. The molecule has 1 saturated heterocycles. The average molecular weight is 311 g/mol. The normalized spacial score (nSPS) is 14.2. The van der Waals surface area contributed by atoms with Crippen molar-refractivity contribution in [3.8, 4) is 0 Å². The molecule has 1 heterocycles. The van der Waals surface area contributed by atoms with Gasteiger partial charge in [-0.05, 0) is 38.2 Å². The molecule has 2 rings (SSSR count). The summed E-state index contributed by atoms with van der Waals surface area (Å²) in [6.07, 6.45) is 0.858. The van der Waals surface area contributed by atoms with E-state index in [0.717, 1.165) is 13.0 Å². The summed E-state index contributed by atoms with van der Waals surface area (Å²) in [5, 5.41) is 9.03. The minimum atomic E-state index is -0.191. The van der Waals surface area contributed by atoms with Crippen molar-refractivity contribution in [2.75, 3.05) is 38.1 Å². The Morgan fingerprint density at radius 1 is 1.43 bits per heavy atom. The number of carbonyl (C=O) groups excluding carboxylic acids is 2. The molecule has 21 heavy (non-hydrogen) atoms. The molecule has 3 N–H and O–H groups in total.